The van der Waals surface area contributed by atoms with E-state index in [0.717, 1.165) is 10.5 Å². The Hall–Kier alpha value is 0.310. The molecule has 2 heteroatoms. The highest BCUT2D eigenvalue weighted by atomic mass is 32.2. The van der Waals surface area contributed by atoms with Gasteiger partial charge in [0, 0.05) is 0 Å². The van der Waals surface area contributed by atoms with Crippen molar-refractivity contribution in [2.24, 2.45) is 0 Å². The van der Waals surface area contributed by atoms with E-state index in [0.29, 0.717) is 0 Å². The summed E-state index contributed by atoms with van der Waals surface area (Å²) in [4.78, 5) is 0. The van der Waals surface area contributed by atoms with Crippen LogP contribution in [0.25, 0.3) is 0 Å². The van der Waals surface area contributed by atoms with Crippen molar-refractivity contribution in [3.05, 3.63) is 0 Å². The molecule has 0 fully saturated rings. The number of hydrogen-bond acceptors (Lipinski definition) is 2. The Labute approximate surface area is 56.8 Å². The molecule has 0 saturated heterocycles. The number of hydrogen-bond donors (Lipinski definition) is 1. The van der Waals surface area contributed by atoms with E-state index in [9.17, 15) is 0 Å². The van der Waals surface area contributed by atoms with Crippen LogP contribution in [0.2, 0.25) is 0 Å². The van der Waals surface area contributed by atoms with Crippen LogP contribution in [0.5, 0.6) is 0 Å². The van der Waals surface area contributed by atoms with E-state index in [4.69, 9.17) is 0 Å². The molecule has 0 amide bonds. The molecule has 0 aliphatic rings. The molecule has 0 bridgehead atoms. The molecule has 0 aliphatic carbocycles. The fourth-order valence-corrected chi connectivity index (χ4v) is 1.63. The Morgan fingerprint density at radius 3 is 1.12 bits per heavy atom. The molecule has 0 heterocycles. The number of thioether (sulfide) groups is 1. The lowest BCUT2D eigenvalue weighted by atomic mass is 10.6. The average molecular weight is 135 g/mol. The highest BCUT2D eigenvalue weighted by Gasteiger charge is 1.95. The fourth-order valence-electron chi connectivity index (χ4n) is 0.544. The van der Waals surface area contributed by atoms with Gasteiger partial charge in [-0.1, -0.05) is 27.7 Å². The molecule has 0 unspecified atom stereocenters. The molecule has 3 N–H and O–H groups in total. The highest BCUT2D eigenvalue weighted by molar-refractivity contribution is 8.00. The Bertz CT molecular complexity index is 37.8. The van der Waals surface area contributed by atoms with Gasteiger partial charge in [0.05, 0.1) is 0 Å². The smallest absolute Gasteiger partial charge is 0.000711 e. The van der Waals surface area contributed by atoms with Crippen molar-refractivity contribution >= 4 is 11.8 Å². The van der Waals surface area contributed by atoms with E-state index >= 15 is 0 Å². The largest absolute Gasteiger partial charge is 0.344 e. The summed E-state index contributed by atoms with van der Waals surface area (Å²) in [6, 6.07) is 0. The summed E-state index contributed by atoms with van der Waals surface area (Å²) in [6.07, 6.45) is 0. The molecule has 0 aromatic rings. The quantitative estimate of drug-likeness (QED) is 0.631. The van der Waals surface area contributed by atoms with Gasteiger partial charge in [-0.3, -0.25) is 0 Å². The molecule has 0 spiro atoms. The van der Waals surface area contributed by atoms with Crippen molar-refractivity contribution in [1.29, 1.82) is 0 Å². The van der Waals surface area contributed by atoms with Crippen LogP contribution in [-0.2, 0) is 0 Å². The van der Waals surface area contributed by atoms with Gasteiger partial charge in [-0.2, -0.15) is 11.8 Å². The zero-order valence-electron chi connectivity index (χ0n) is 6.27. The van der Waals surface area contributed by atoms with Crippen molar-refractivity contribution in [2.45, 2.75) is 38.2 Å². The van der Waals surface area contributed by atoms with Crippen molar-refractivity contribution in [2.75, 3.05) is 0 Å². The van der Waals surface area contributed by atoms with Gasteiger partial charge in [0.2, 0.25) is 0 Å². The second-order valence-electron chi connectivity index (χ2n) is 2.23. The topological polar surface area (TPSA) is 35.0 Å². The molecule has 8 heavy (non-hydrogen) atoms. The Kier molecular flexibility index (Phi) is 7.59. The summed E-state index contributed by atoms with van der Waals surface area (Å²) in [7, 11) is 0. The van der Waals surface area contributed by atoms with Crippen LogP contribution in [-0.4, -0.2) is 10.5 Å². The van der Waals surface area contributed by atoms with Gasteiger partial charge < -0.3 is 6.15 Å². The predicted molar refractivity (Wildman–Crippen MR) is 42.9 cm³/mol. The summed E-state index contributed by atoms with van der Waals surface area (Å²) < 4.78 is 0. The summed E-state index contributed by atoms with van der Waals surface area (Å²) >= 11 is 2.01. The first-order valence-electron chi connectivity index (χ1n) is 2.78. The van der Waals surface area contributed by atoms with Crippen LogP contribution >= 0.6 is 11.8 Å². The minimum Gasteiger partial charge on any atom is -0.344 e. The molecule has 0 rings (SSSR count). The third kappa shape index (κ3) is 9.58. The lowest BCUT2D eigenvalue weighted by Gasteiger charge is -2.05. The maximum absolute atomic E-state index is 2.23. The van der Waals surface area contributed by atoms with Gasteiger partial charge >= 0.3 is 0 Å². The van der Waals surface area contributed by atoms with E-state index in [1.54, 1.807) is 0 Å². The normalized spacial score (nSPS) is 9.75. The van der Waals surface area contributed by atoms with Crippen molar-refractivity contribution in [3.8, 4) is 0 Å². The third-order valence-corrected chi connectivity index (χ3v) is 1.63. The summed E-state index contributed by atoms with van der Waals surface area (Å²) in [5, 5.41) is 1.58. The Morgan fingerprint density at radius 1 is 0.875 bits per heavy atom. The fraction of sp³-hybridized carbons (Fsp3) is 1.00. The first-order chi connectivity index (χ1) is 3.13. The second-order valence-corrected chi connectivity index (χ2v) is 4.39. The number of rotatable bonds is 2. The lowest BCUT2D eigenvalue weighted by molar-refractivity contribution is 1.05. The van der Waals surface area contributed by atoms with Crippen LogP contribution in [0.1, 0.15) is 27.7 Å². The van der Waals surface area contributed by atoms with Crippen LogP contribution in [0.4, 0.5) is 0 Å². The lowest BCUT2D eigenvalue weighted by Crippen LogP contribution is -1.94. The molecule has 0 aromatic heterocycles. The molecule has 52 valence electrons. The molecule has 0 atom stereocenters. The van der Waals surface area contributed by atoms with E-state index in [-0.39, 0.29) is 6.15 Å². The minimum atomic E-state index is 0. The summed E-state index contributed by atoms with van der Waals surface area (Å²) in [5.74, 6) is 0. The van der Waals surface area contributed by atoms with Crippen molar-refractivity contribution < 1.29 is 0 Å². The third-order valence-electron chi connectivity index (χ3n) is 0.544. The molecule has 0 radical (unpaired) electrons. The average Bonchev–Trinajstić information content (AvgIpc) is 1.27. The molecule has 0 saturated carbocycles. The van der Waals surface area contributed by atoms with Gasteiger partial charge in [-0.05, 0) is 10.5 Å². The zero-order chi connectivity index (χ0) is 5.86. The van der Waals surface area contributed by atoms with Gasteiger partial charge in [0.25, 0.3) is 0 Å². The van der Waals surface area contributed by atoms with Gasteiger partial charge in [-0.25, -0.2) is 0 Å². The SMILES string of the molecule is CC(C)SC(C)C.N. The molecular formula is C6H17NS. The Morgan fingerprint density at radius 2 is 1.12 bits per heavy atom. The van der Waals surface area contributed by atoms with Crippen LogP contribution in [0, 0.1) is 0 Å². The summed E-state index contributed by atoms with van der Waals surface area (Å²) in [5.41, 5.74) is 0. The van der Waals surface area contributed by atoms with E-state index in [1.807, 2.05) is 11.8 Å². The highest BCUT2D eigenvalue weighted by Crippen LogP contribution is 2.14. The van der Waals surface area contributed by atoms with Gasteiger partial charge in [0.1, 0.15) is 0 Å². The predicted octanol–water partition coefficient (Wildman–Crippen LogP) is 2.70. The van der Waals surface area contributed by atoms with Crippen LogP contribution in [0.15, 0.2) is 0 Å². The van der Waals surface area contributed by atoms with Crippen molar-refractivity contribution in [1.82, 2.24) is 6.15 Å². The molecule has 0 aromatic carbocycles. The second kappa shape index (κ2) is 5.45. The monoisotopic (exact) mass is 135 g/mol. The molecular weight excluding hydrogens is 118 g/mol. The van der Waals surface area contributed by atoms with E-state index in [2.05, 4.69) is 27.7 Å². The van der Waals surface area contributed by atoms with Gasteiger partial charge in [-0.15, -0.1) is 0 Å². The standard InChI is InChI=1S/C6H14S.H3N/c1-5(2)7-6(3)4;/h5-6H,1-4H3;1H3. The summed E-state index contributed by atoms with van der Waals surface area (Å²) in [6.45, 7) is 8.91. The van der Waals surface area contributed by atoms with Crippen LogP contribution in [0.3, 0.4) is 0 Å². The van der Waals surface area contributed by atoms with Crippen molar-refractivity contribution in [3.63, 3.8) is 0 Å². The maximum atomic E-state index is 2.23. The minimum absolute atomic E-state index is 0. The van der Waals surface area contributed by atoms with E-state index in [1.165, 1.54) is 0 Å². The molecule has 0 aliphatic heterocycles. The Balaban J connectivity index is 0. The first-order valence-corrected chi connectivity index (χ1v) is 3.72. The van der Waals surface area contributed by atoms with E-state index < -0.39 is 0 Å². The zero-order valence-corrected chi connectivity index (χ0v) is 7.09. The van der Waals surface area contributed by atoms with Gasteiger partial charge in [0.15, 0.2) is 0 Å². The first kappa shape index (κ1) is 11.2. The van der Waals surface area contributed by atoms with Crippen LogP contribution < -0.4 is 6.15 Å². The molecule has 1 nitrogen and oxygen atoms in total. The maximum Gasteiger partial charge on any atom is -0.000711 e.